The number of aliphatic hydroxyl groups excluding tert-OH is 1. The van der Waals surface area contributed by atoms with Crippen LogP contribution in [0.1, 0.15) is 32.4 Å². The van der Waals surface area contributed by atoms with Crippen molar-refractivity contribution < 1.29 is 14.3 Å². The van der Waals surface area contributed by atoms with Crippen LogP contribution in [-0.2, 0) is 4.79 Å². The SMILES string of the molecule is CC(C)C(C)Sc1cc2c(cc1F)C(O)C(=O)N2. The first-order valence-electron chi connectivity index (χ1n) is 5.89. The Morgan fingerprint density at radius 1 is 1.39 bits per heavy atom. The fraction of sp³-hybridized carbons (Fsp3) is 0.462. The number of amides is 1. The quantitative estimate of drug-likeness (QED) is 0.829. The van der Waals surface area contributed by atoms with Crippen LogP contribution in [0.25, 0.3) is 0 Å². The Morgan fingerprint density at radius 2 is 2.06 bits per heavy atom. The van der Waals surface area contributed by atoms with E-state index in [1.165, 1.54) is 17.8 Å². The zero-order valence-electron chi connectivity index (χ0n) is 10.5. The van der Waals surface area contributed by atoms with Crippen LogP contribution in [0, 0.1) is 11.7 Å². The summed E-state index contributed by atoms with van der Waals surface area (Å²) >= 11 is 1.44. The minimum Gasteiger partial charge on any atom is -0.378 e. The second kappa shape index (κ2) is 4.90. The summed E-state index contributed by atoms with van der Waals surface area (Å²) in [6, 6.07) is 2.84. The fourth-order valence-corrected chi connectivity index (χ4v) is 2.70. The zero-order valence-corrected chi connectivity index (χ0v) is 11.3. The van der Waals surface area contributed by atoms with E-state index < -0.39 is 12.0 Å². The number of thioether (sulfide) groups is 1. The van der Waals surface area contributed by atoms with E-state index in [0.29, 0.717) is 22.1 Å². The lowest BCUT2D eigenvalue weighted by Crippen LogP contribution is -2.10. The van der Waals surface area contributed by atoms with E-state index in [1.807, 2.05) is 6.92 Å². The average Bonchev–Trinajstić information content (AvgIpc) is 2.56. The number of rotatable bonds is 3. The van der Waals surface area contributed by atoms with Gasteiger partial charge in [0.05, 0.1) is 0 Å². The molecule has 1 aromatic rings. The Hall–Kier alpha value is -1.07. The van der Waals surface area contributed by atoms with E-state index in [9.17, 15) is 14.3 Å². The van der Waals surface area contributed by atoms with Gasteiger partial charge in [0.25, 0.3) is 5.91 Å². The van der Waals surface area contributed by atoms with Crippen molar-refractivity contribution in [1.29, 1.82) is 0 Å². The first-order chi connectivity index (χ1) is 8.40. The van der Waals surface area contributed by atoms with E-state index in [2.05, 4.69) is 19.2 Å². The summed E-state index contributed by atoms with van der Waals surface area (Å²) in [5, 5.41) is 12.4. The smallest absolute Gasteiger partial charge is 0.257 e. The van der Waals surface area contributed by atoms with Gasteiger partial charge in [0.2, 0.25) is 0 Å². The lowest BCUT2D eigenvalue weighted by Gasteiger charge is -2.16. The molecule has 1 aromatic carbocycles. The van der Waals surface area contributed by atoms with E-state index in [1.54, 1.807) is 6.07 Å². The highest BCUT2D eigenvalue weighted by atomic mass is 32.2. The van der Waals surface area contributed by atoms with E-state index >= 15 is 0 Å². The first kappa shape index (κ1) is 13.4. The van der Waals surface area contributed by atoms with Crippen LogP contribution >= 0.6 is 11.8 Å². The molecular formula is C13H16FNO2S. The summed E-state index contributed by atoms with van der Waals surface area (Å²) in [6.07, 6.45) is -1.25. The number of hydrogen-bond acceptors (Lipinski definition) is 3. The van der Waals surface area contributed by atoms with Gasteiger partial charge in [-0.2, -0.15) is 0 Å². The van der Waals surface area contributed by atoms with Gasteiger partial charge in [-0.05, 0) is 18.1 Å². The van der Waals surface area contributed by atoms with Gasteiger partial charge in [-0.25, -0.2) is 4.39 Å². The van der Waals surface area contributed by atoms with E-state index in [0.717, 1.165) is 0 Å². The van der Waals surface area contributed by atoms with Gasteiger partial charge in [0.15, 0.2) is 6.10 Å². The monoisotopic (exact) mass is 269 g/mol. The molecule has 0 fully saturated rings. The molecule has 3 nitrogen and oxygen atoms in total. The molecule has 18 heavy (non-hydrogen) atoms. The molecule has 2 unspecified atom stereocenters. The molecule has 0 saturated carbocycles. The van der Waals surface area contributed by atoms with Crippen LogP contribution < -0.4 is 5.32 Å². The maximum absolute atomic E-state index is 13.9. The molecule has 0 aromatic heterocycles. The third-order valence-corrected chi connectivity index (χ3v) is 4.64. The van der Waals surface area contributed by atoms with Crippen LogP contribution in [-0.4, -0.2) is 16.3 Å². The summed E-state index contributed by atoms with van der Waals surface area (Å²) in [5.41, 5.74) is 0.825. The van der Waals surface area contributed by atoms with Gasteiger partial charge in [0, 0.05) is 21.4 Å². The molecule has 2 atom stereocenters. The predicted octanol–water partition coefficient (Wildman–Crippen LogP) is 2.95. The van der Waals surface area contributed by atoms with Crippen LogP contribution in [0.5, 0.6) is 0 Å². The van der Waals surface area contributed by atoms with E-state index in [4.69, 9.17) is 0 Å². The molecule has 0 bridgehead atoms. The van der Waals surface area contributed by atoms with Crippen molar-refractivity contribution in [3.05, 3.63) is 23.5 Å². The van der Waals surface area contributed by atoms with Crippen molar-refractivity contribution in [1.82, 2.24) is 0 Å². The number of fused-ring (bicyclic) bond motifs is 1. The van der Waals surface area contributed by atoms with Crippen LogP contribution in [0.4, 0.5) is 10.1 Å². The highest BCUT2D eigenvalue weighted by Gasteiger charge is 2.30. The van der Waals surface area contributed by atoms with Crippen molar-refractivity contribution in [2.75, 3.05) is 5.32 Å². The third kappa shape index (κ3) is 2.37. The number of carbonyl (C=O) groups is 1. The van der Waals surface area contributed by atoms with Crippen molar-refractivity contribution in [3.8, 4) is 0 Å². The number of hydrogen-bond donors (Lipinski definition) is 2. The van der Waals surface area contributed by atoms with E-state index in [-0.39, 0.29) is 11.1 Å². The summed E-state index contributed by atoms with van der Waals surface area (Å²) in [5.74, 6) is -0.451. The normalized spacial score (nSPS) is 19.9. The number of anilines is 1. The fourth-order valence-electron chi connectivity index (χ4n) is 1.67. The lowest BCUT2D eigenvalue weighted by atomic mass is 10.1. The Kier molecular flexibility index (Phi) is 3.64. The summed E-state index contributed by atoms with van der Waals surface area (Å²) in [7, 11) is 0. The predicted molar refractivity (Wildman–Crippen MR) is 70.1 cm³/mol. The Bertz CT molecular complexity index is 490. The topological polar surface area (TPSA) is 49.3 Å². The van der Waals surface area contributed by atoms with Crippen molar-refractivity contribution in [3.63, 3.8) is 0 Å². The van der Waals surface area contributed by atoms with Crippen molar-refractivity contribution in [2.24, 2.45) is 5.92 Å². The molecule has 2 rings (SSSR count). The molecule has 5 heteroatoms. The number of halogens is 1. The van der Waals surface area contributed by atoms with Gasteiger partial charge in [0.1, 0.15) is 5.82 Å². The standard InChI is InChI=1S/C13H16FNO2S/c1-6(2)7(3)18-11-5-10-8(4-9(11)14)12(16)13(17)15-10/h4-7,12,16H,1-3H3,(H,15,17). The molecule has 1 aliphatic rings. The molecule has 0 aliphatic carbocycles. The van der Waals surface area contributed by atoms with Crippen molar-refractivity contribution in [2.45, 2.75) is 37.0 Å². The van der Waals surface area contributed by atoms with Crippen molar-refractivity contribution >= 4 is 23.4 Å². The third-order valence-electron chi connectivity index (χ3n) is 3.16. The highest BCUT2D eigenvalue weighted by Crippen LogP contribution is 2.38. The molecule has 0 radical (unpaired) electrons. The summed E-state index contributed by atoms with van der Waals surface area (Å²) in [6.45, 7) is 6.19. The highest BCUT2D eigenvalue weighted by molar-refractivity contribution is 8.00. The molecule has 0 saturated heterocycles. The van der Waals surface area contributed by atoms with Crippen LogP contribution in [0.3, 0.4) is 0 Å². The Labute approximate surface area is 110 Å². The van der Waals surface area contributed by atoms with Gasteiger partial charge in [-0.15, -0.1) is 11.8 Å². The molecule has 1 aliphatic heterocycles. The number of benzene rings is 1. The first-order valence-corrected chi connectivity index (χ1v) is 6.77. The van der Waals surface area contributed by atoms with Gasteiger partial charge in [-0.1, -0.05) is 20.8 Å². The van der Waals surface area contributed by atoms with Gasteiger partial charge < -0.3 is 10.4 Å². The lowest BCUT2D eigenvalue weighted by molar-refractivity contribution is -0.123. The summed E-state index contributed by atoms with van der Waals surface area (Å²) < 4.78 is 13.9. The van der Waals surface area contributed by atoms with Gasteiger partial charge in [-0.3, -0.25) is 4.79 Å². The Morgan fingerprint density at radius 3 is 2.67 bits per heavy atom. The summed E-state index contributed by atoms with van der Waals surface area (Å²) in [4.78, 5) is 11.8. The molecule has 98 valence electrons. The second-order valence-corrected chi connectivity index (χ2v) is 6.25. The van der Waals surface area contributed by atoms with Crippen LogP contribution in [0.2, 0.25) is 0 Å². The molecule has 1 heterocycles. The molecule has 1 amide bonds. The minimum absolute atomic E-state index is 0.277. The average molecular weight is 269 g/mol. The van der Waals surface area contributed by atoms with Gasteiger partial charge >= 0.3 is 0 Å². The zero-order chi connectivity index (χ0) is 13.4. The molecule has 2 N–H and O–H groups in total. The number of nitrogens with one attached hydrogen (secondary N) is 1. The number of carbonyl (C=O) groups excluding carboxylic acids is 1. The second-order valence-electron chi connectivity index (χ2n) is 4.83. The maximum atomic E-state index is 13.9. The Balaban J connectivity index is 2.30. The molecule has 0 spiro atoms. The minimum atomic E-state index is -1.25. The van der Waals surface area contributed by atoms with Crippen LogP contribution in [0.15, 0.2) is 17.0 Å². The number of aliphatic hydroxyl groups is 1. The maximum Gasteiger partial charge on any atom is 0.257 e. The molecular weight excluding hydrogens is 253 g/mol. The largest absolute Gasteiger partial charge is 0.378 e.